The van der Waals surface area contributed by atoms with E-state index in [-0.39, 0.29) is 0 Å². The van der Waals surface area contributed by atoms with Crippen LogP contribution in [0.3, 0.4) is 0 Å². The molecule has 0 amide bonds. The Morgan fingerprint density at radius 1 is 1.00 bits per heavy atom. The molecule has 1 atom stereocenters. The molecule has 2 aromatic carbocycles. The lowest BCUT2D eigenvalue weighted by atomic mass is 9.96. The van der Waals surface area contributed by atoms with Crippen LogP contribution in [0.25, 0.3) is 0 Å². The van der Waals surface area contributed by atoms with Gasteiger partial charge in [0.25, 0.3) is 0 Å². The van der Waals surface area contributed by atoms with Gasteiger partial charge in [0, 0.05) is 6.04 Å². The zero-order valence-electron chi connectivity index (χ0n) is 12.1. The van der Waals surface area contributed by atoms with Crippen molar-refractivity contribution >= 4 is 0 Å². The molecule has 2 aromatic rings. The first-order valence-electron chi connectivity index (χ1n) is 7.04. The molecule has 1 N–H and O–H groups in total. The maximum Gasteiger partial charge on any atom is 0.0358 e. The highest BCUT2D eigenvalue weighted by molar-refractivity contribution is 5.29. The molecule has 0 radical (unpaired) electrons. The van der Waals surface area contributed by atoms with Gasteiger partial charge in [0.1, 0.15) is 0 Å². The molecule has 0 bridgehead atoms. The minimum absolute atomic E-state index is 0.383. The molecular weight excluding hydrogens is 230 g/mol. The lowest BCUT2D eigenvalue weighted by molar-refractivity contribution is 0.591. The van der Waals surface area contributed by atoms with Crippen LogP contribution in [0.1, 0.15) is 35.2 Å². The van der Waals surface area contributed by atoms with Gasteiger partial charge in [-0.1, -0.05) is 61.0 Å². The van der Waals surface area contributed by atoms with Gasteiger partial charge in [-0.05, 0) is 43.5 Å². The molecule has 0 saturated carbocycles. The highest BCUT2D eigenvalue weighted by atomic mass is 14.9. The average molecular weight is 253 g/mol. The van der Waals surface area contributed by atoms with Crippen LogP contribution in [-0.2, 0) is 12.8 Å². The third kappa shape index (κ3) is 3.68. The molecule has 1 heteroatoms. The topological polar surface area (TPSA) is 12.0 Å². The second-order valence-corrected chi connectivity index (χ2v) is 5.13. The van der Waals surface area contributed by atoms with Crippen LogP contribution in [0.4, 0.5) is 0 Å². The number of aryl methyl sites for hydroxylation is 2. The summed E-state index contributed by atoms with van der Waals surface area (Å²) in [5.41, 5.74) is 5.50. The zero-order valence-corrected chi connectivity index (χ0v) is 12.1. The van der Waals surface area contributed by atoms with E-state index in [0.717, 1.165) is 12.8 Å². The van der Waals surface area contributed by atoms with E-state index in [1.165, 1.54) is 22.3 Å². The molecule has 0 heterocycles. The van der Waals surface area contributed by atoms with Crippen molar-refractivity contribution in [3.05, 3.63) is 70.8 Å². The lowest BCUT2D eigenvalue weighted by Gasteiger charge is -2.18. The van der Waals surface area contributed by atoms with Crippen molar-refractivity contribution in [3.8, 4) is 0 Å². The van der Waals surface area contributed by atoms with Gasteiger partial charge in [-0.25, -0.2) is 0 Å². The fourth-order valence-electron chi connectivity index (χ4n) is 2.49. The molecule has 0 aliphatic carbocycles. The van der Waals surface area contributed by atoms with Crippen LogP contribution in [0.2, 0.25) is 0 Å². The molecule has 0 saturated heterocycles. The summed E-state index contributed by atoms with van der Waals surface area (Å²) in [5, 5.41) is 3.44. The molecule has 2 rings (SSSR count). The van der Waals surface area contributed by atoms with Crippen molar-refractivity contribution in [2.75, 3.05) is 7.05 Å². The van der Waals surface area contributed by atoms with E-state index in [4.69, 9.17) is 0 Å². The zero-order chi connectivity index (χ0) is 13.7. The van der Waals surface area contributed by atoms with Crippen molar-refractivity contribution in [3.63, 3.8) is 0 Å². The summed E-state index contributed by atoms with van der Waals surface area (Å²) in [6.45, 7) is 4.35. The van der Waals surface area contributed by atoms with Crippen molar-refractivity contribution in [1.82, 2.24) is 5.32 Å². The summed E-state index contributed by atoms with van der Waals surface area (Å²) in [6, 6.07) is 18.0. The molecule has 100 valence electrons. The first-order valence-corrected chi connectivity index (χ1v) is 7.04. The van der Waals surface area contributed by atoms with E-state index < -0.39 is 0 Å². The Labute approximate surface area is 116 Å². The van der Waals surface area contributed by atoms with E-state index in [1.54, 1.807) is 0 Å². The second kappa shape index (κ2) is 6.53. The van der Waals surface area contributed by atoms with Crippen molar-refractivity contribution in [2.45, 2.75) is 32.7 Å². The highest BCUT2D eigenvalue weighted by Crippen LogP contribution is 2.20. The minimum Gasteiger partial charge on any atom is -0.313 e. The lowest BCUT2D eigenvalue weighted by Crippen LogP contribution is -2.19. The smallest absolute Gasteiger partial charge is 0.0358 e. The standard InChI is InChI=1S/C18H23N/c1-4-15-8-6-10-17(12-15)18(19-3)13-16-9-5-7-14(2)11-16/h5-12,18-19H,4,13H2,1-3H3. The summed E-state index contributed by atoms with van der Waals surface area (Å²) >= 11 is 0. The first kappa shape index (κ1) is 13.8. The molecule has 0 spiro atoms. The molecule has 19 heavy (non-hydrogen) atoms. The van der Waals surface area contributed by atoms with Gasteiger partial charge in [0.2, 0.25) is 0 Å². The number of hydrogen-bond donors (Lipinski definition) is 1. The maximum atomic E-state index is 3.44. The molecule has 0 aromatic heterocycles. The Balaban J connectivity index is 2.19. The van der Waals surface area contributed by atoms with Crippen molar-refractivity contribution in [1.29, 1.82) is 0 Å². The van der Waals surface area contributed by atoms with E-state index in [2.05, 4.69) is 67.7 Å². The van der Waals surface area contributed by atoms with Crippen molar-refractivity contribution < 1.29 is 0 Å². The number of likely N-dealkylation sites (N-methyl/N-ethyl adjacent to an activating group) is 1. The van der Waals surface area contributed by atoms with Crippen molar-refractivity contribution in [2.24, 2.45) is 0 Å². The fourth-order valence-corrected chi connectivity index (χ4v) is 2.49. The Morgan fingerprint density at radius 3 is 2.42 bits per heavy atom. The molecule has 1 nitrogen and oxygen atoms in total. The van der Waals surface area contributed by atoms with Gasteiger partial charge in [0.05, 0.1) is 0 Å². The summed E-state index contributed by atoms with van der Waals surface area (Å²) in [4.78, 5) is 0. The fraction of sp³-hybridized carbons (Fsp3) is 0.333. The van der Waals surface area contributed by atoms with E-state index in [0.29, 0.717) is 6.04 Å². The predicted molar refractivity (Wildman–Crippen MR) is 82.5 cm³/mol. The van der Waals surface area contributed by atoms with E-state index >= 15 is 0 Å². The SMILES string of the molecule is CCc1cccc(C(Cc2cccc(C)c2)NC)c1. The Hall–Kier alpha value is -1.60. The largest absolute Gasteiger partial charge is 0.313 e. The summed E-state index contributed by atoms with van der Waals surface area (Å²) < 4.78 is 0. The van der Waals surface area contributed by atoms with Crippen LogP contribution in [-0.4, -0.2) is 7.05 Å². The molecular formula is C18H23N. The van der Waals surface area contributed by atoms with Gasteiger partial charge in [-0.2, -0.15) is 0 Å². The number of rotatable bonds is 5. The van der Waals surface area contributed by atoms with E-state index in [9.17, 15) is 0 Å². The second-order valence-electron chi connectivity index (χ2n) is 5.13. The maximum absolute atomic E-state index is 3.44. The third-order valence-corrected chi connectivity index (χ3v) is 3.63. The Bertz CT molecular complexity index is 531. The van der Waals surface area contributed by atoms with Gasteiger partial charge < -0.3 is 5.32 Å². The number of nitrogens with one attached hydrogen (secondary N) is 1. The minimum atomic E-state index is 0.383. The normalized spacial score (nSPS) is 12.4. The van der Waals surface area contributed by atoms with Gasteiger partial charge >= 0.3 is 0 Å². The number of hydrogen-bond acceptors (Lipinski definition) is 1. The average Bonchev–Trinajstić information content (AvgIpc) is 2.45. The monoisotopic (exact) mass is 253 g/mol. The van der Waals surface area contributed by atoms with Gasteiger partial charge in [-0.3, -0.25) is 0 Å². The third-order valence-electron chi connectivity index (χ3n) is 3.63. The van der Waals surface area contributed by atoms with Crippen LogP contribution in [0.5, 0.6) is 0 Å². The first-order chi connectivity index (χ1) is 9.22. The molecule has 0 aliphatic rings. The molecule has 0 aliphatic heterocycles. The van der Waals surface area contributed by atoms with E-state index in [1.807, 2.05) is 7.05 Å². The van der Waals surface area contributed by atoms with Gasteiger partial charge in [-0.15, -0.1) is 0 Å². The summed E-state index contributed by atoms with van der Waals surface area (Å²) in [6.07, 6.45) is 2.13. The highest BCUT2D eigenvalue weighted by Gasteiger charge is 2.10. The quantitative estimate of drug-likeness (QED) is 0.847. The van der Waals surface area contributed by atoms with Crippen LogP contribution in [0.15, 0.2) is 48.5 Å². The molecule has 0 fully saturated rings. The van der Waals surface area contributed by atoms with Crippen LogP contribution in [0, 0.1) is 6.92 Å². The summed E-state index contributed by atoms with van der Waals surface area (Å²) in [5.74, 6) is 0. The van der Waals surface area contributed by atoms with Crippen LogP contribution < -0.4 is 5.32 Å². The Morgan fingerprint density at radius 2 is 1.74 bits per heavy atom. The van der Waals surface area contributed by atoms with Gasteiger partial charge in [0.15, 0.2) is 0 Å². The van der Waals surface area contributed by atoms with Crippen LogP contribution >= 0.6 is 0 Å². The predicted octanol–water partition coefficient (Wildman–Crippen LogP) is 4.06. The Kier molecular flexibility index (Phi) is 4.75. The summed E-state index contributed by atoms with van der Waals surface area (Å²) in [7, 11) is 2.04. The number of benzene rings is 2. The molecule has 1 unspecified atom stereocenters.